The van der Waals surface area contributed by atoms with Gasteiger partial charge in [0.1, 0.15) is 0 Å². The molecule has 0 bridgehead atoms. The molecule has 0 heterocycles. The lowest BCUT2D eigenvalue weighted by Crippen LogP contribution is -2.14. The number of benzene rings is 2. The monoisotopic (exact) mass is 332 g/mol. The zero-order valence-electron chi connectivity index (χ0n) is 11.3. The van der Waals surface area contributed by atoms with E-state index < -0.39 is 0 Å². The number of anilines is 1. The van der Waals surface area contributed by atoms with Crippen LogP contribution in [0.2, 0.25) is 0 Å². The van der Waals surface area contributed by atoms with Gasteiger partial charge >= 0.3 is 0 Å². The van der Waals surface area contributed by atoms with E-state index >= 15 is 0 Å². The van der Waals surface area contributed by atoms with Crippen LogP contribution in [0, 0.1) is 0 Å². The highest BCUT2D eigenvalue weighted by Crippen LogP contribution is 2.18. The van der Waals surface area contributed by atoms with Crippen molar-refractivity contribution in [2.45, 2.75) is 13.5 Å². The van der Waals surface area contributed by atoms with E-state index in [9.17, 15) is 4.79 Å². The van der Waals surface area contributed by atoms with Crippen molar-refractivity contribution in [2.24, 2.45) is 0 Å². The van der Waals surface area contributed by atoms with Crippen LogP contribution in [0.3, 0.4) is 0 Å². The molecule has 0 fully saturated rings. The Bertz CT molecular complexity index is 599. The Hall–Kier alpha value is -1.65. The molecule has 0 atom stereocenters. The first-order chi connectivity index (χ1) is 9.70. The van der Waals surface area contributed by atoms with E-state index in [4.69, 9.17) is 0 Å². The first kappa shape index (κ1) is 14.8. The van der Waals surface area contributed by atoms with Gasteiger partial charge in [0.15, 0.2) is 0 Å². The van der Waals surface area contributed by atoms with E-state index in [1.54, 1.807) is 6.07 Å². The lowest BCUT2D eigenvalue weighted by atomic mass is 10.1. The van der Waals surface area contributed by atoms with Crippen molar-refractivity contribution in [3.05, 3.63) is 64.1 Å². The lowest BCUT2D eigenvalue weighted by molar-refractivity contribution is 0.102. The fourth-order valence-corrected chi connectivity index (χ4v) is 2.34. The number of hydrogen-bond acceptors (Lipinski definition) is 2. The van der Waals surface area contributed by atoms with Crippen LogP contribution in [0.25, 0.3) is 0 Å². The molecule has 4 heteroatoms. The lowest BCUT2D eigenvalue weighted by Gasteiger charge is -2.09. The van der Waals surface area contributed by atoms with E-state index in [2.05, 4.69) is 33.5 Å². The van der Waals surface area contributed by atoms with Gasteiger partial charge in [0.05, 0.1) is 5.56 Å². The number of halogens is 1. The maximum atomic E-state index is 12.2. The molecule has 0 saturated carbocycles. The zero-order valence-corrected chi connectivity index (χ0v) is 12.9. The van der Waals surface area contributed by atoms with E-state index in [1.807, 2.05) is 42.5 Å². The summed E-state index contributed by atoms with van der Waals surface area (Å²) in [5.41, 5.74) is 2.59. The summed E-state index contributed by atoms with van der Waals surface area (Å²) in [5, 5.41) is 6.18. The molecule has 20 heavy (non-hydrogen) atoms. The topological polar surface area (TPSA) is 41.1 Å². The summed E-state index contributed by atoms with van der Waals surface area (Å²) < 4.78 is 0.793. The fraction of sp³-hybridized carbons (Fsp3) is 0.188. The molecule has 2 aromatic rings. The molecule has 0 radical (unpaired) electrons. The SMILES string of the molecule is CCNCc1cccc(NC(=O)c2ccccc2Br)c1. The Labute approximate surface area is 127 Å². The van der Waals surface area contributed by atoms with Gasteiger partial charge in [-0.25, -0.2) is 0 Å². The number of nitrogens with one attached hydrogen (secondary N) is 2. The summed E-state index contributed by atoms with van der Waals surface area (Å²) >= 11 is 3.39. The molecule has 104 valence electrons. The second-order valence-corrected chi connectivity index (χ2v) is 5.27. The standard InChI is InChI=1S/C16H17BrN2O/c1-2-18-11-12-6-5-7-13(10-12)19-16(20)14-8-3-4-9-15(14)17/h3-10,18H,2,11H2,1H3,(H,19,20). The molecule has 2 N–H and O–H groups in total. The largest absolute Gasteiger partial charge is 0.322 e. The highest BCUT2D eigenvalue weighted by molar-refractivity contribution is 9.10. The van der Waals surface area contributed by atoms with Crippen molar-refractivity contribution >= 4 is 27.5 Å². The molecule has 1 amide bonds. The van der Waals surface area contributed by atoms with Crippen LogP contribution in [0.5, 0.6) is 0 Å². The number of amides is 1. The second kappa shape index (κ2) is 7.22. The third-order valence-corrected chi connectivity index (χ3v) is 3.57. The number of rotatable bonds is 5. The quantitative estimate of drug-likeness (QED) is 0.874. The van der Waals surface area contributed by atoms with E-state index in [-0.39, 0.29) is 5.91 Å². The molecule has 2 aromatic carbocycles. The maximum Gasteiger partial charge on any atom is 0.256 e. The minimum absolute atomic E-state index is 0.113. The Balaban J connectivity index is 2.10. The average molecular weight is 333 g/mol. The van der Waals surface area contributed by atoms with Crippen LogP contribution < -0.4 is 10.6 Å². The molecule has 0 spiro atoms. The predicted octanol–water partition coefficient (Wildman–Crippen LogP) is 3.81. The smallest absolute Gasteiger partial charge is 0.256 e. The average Bonchev–Trinajstić information content (AvgIpc) is 2.46. The number of carbonyl (C=O) groups is 1. The first-order valence-electron chi connectivity index (χ1n) is 6.56. The molecular weight excluding hydrogens is 316 g/mol. The van der Waals surface area contributed by atoms with Gasteiger partial charge in [-0.05, 0) is 52.3 Å². The van der Waals surface area contributed by atoms with Crippen LogP contribution in [0.4, 0.5) is 5.69 Å². The molecule has 0 aliphatic heterocycles. The second-order valence-electron chi connectivity index (χ2n) is 4.41. The predicted molar refractivity (Wildman–Crippen MR) is 85.9 cm³/mol. The van der Waals surface area contributed by atoms with Crippen molar-refractivity contribution in [1.82, 2.24) is 5.32 Å². The minimum atomic E-state index is -0.113. The Morgan fingerprint density at radius 2 is 1.95 bits per heavy atom. The van der Waals surface area contributed by atoms with Crippen molar-refractivity contribution < 1.29 is 4.79 Å². The van der Waals surface area contributed by atoms with Gasteiger partial charge in [-0.2, -0.15) is 0 Å². The van der Waals surface area contributed by atoms with E-state index in [0.29, 0.717) is 5.56 Å². The highest BCUT2D eigenvalue weighted by atomic mass is 79.9. The van der Waals surface area contributed by atoms with E-state index in [0.717, 1.165) is 28.8 Å². The summed E-state index contributed by atoms with van der Waals surface area (Å²) in [6, 6.07) is 15.2. The van der Waals surface area contributed by atoms with Gasteiger partial charge in [-0.15, -0.1) is 0 Å². The van der Waals surface area contributed by atoms with Crippen molar-refractivity contribution in [3.8, 4) is 0 Å². The summed E-state index contributed by atoms with van der Waals surface area (Å²) in [4.78, 5) is 12.2. The van der Waals surface area contributed by atoms with Crippen LogP contribution >= 0.6 is 15.9 Å². The maximum absolute atomic E-state index is 12.2. The molecular formula is C16H17BrN2O. The normalized spacial score (nSPS) is 10.3. The molecule has 0 aliphatic carbocycles. The molecule has 3 nitrogen and oxygen atoms in total. The minimum Gasteiger partial charge on any atom is -0.322 e. The summed E-state index contributed by atoms with van der Waals surface area (Å²) in [6.45, 7) is 3.79. The van der Waals surface area contributed by atoms with Crippen LogP contribution in [0.1, 0.15) is 22.8 Å². The number of hydrogen-bond donors (Lipinski definition) is 2. The van der Waals surface area contributed by atoms with Crippen molar-refractivity contribution in [3.63, 3.8) is 0 Å². The number of carbonyl (C=O) groups excluding carboxylic acids is 1. The highest BCUT2D eigenvalue weighted by Gasteiger charge is 2.09. The van der Waals surface area contributed by atoms with Gasteiger partial charge in [-0.1, -0.05) is 31.2 Å². The van der Waals surface area contributed by atoms with Gasteiger partial charge in [0, 0.05) is 16.7 Å². The molecule has 0 saturated heterocycles. The van der Waals surface area contributed by atoms with E-state index in [1.165, 1.54) is 0 Å². The Morgan fingerprint density at radius 3 is 2.70 bits per heavy atom. The van der Waals surface area contributed by atoms with Crippen LogP contribution in [0.15, 0.2) is 53.0 Å². The first-order valence-corrected chi connectivity index (χ1v) is 7.35. The van der Waals surface area contributed by atoms with Gasteiger partial charge < -0.3 is 10.6 Å². The summed E-state index contributed by atoms with van der Waals surface area (Å²) in [6.07, 6.45) is 0. The Morgan fingerprint density at radius 1 is 1.15 bits per heavy atom. The summed E-state index contributed by atoms with van der Waals surface area (Å²) in [7, 11) is 0. The van der Waals surface area contributed by atoms with Gasteiger partial charge in [-0.3, -0.25) is 4.79 Å². The van der Waals surface area contributed by atoms with Crippen molar-refractivity contribution in [2.75, 3.05) is 11.9 Å². The molecule has 0 aliphatic rings. The third-order valence-electron chi connectivity index (χ3n) is 2.88. The summed E-state index contributed by atoms with van der Waals surface area (Å²) in [5.74, 6) is -0.113. The fourth-order valence-electron chi connectivity index (χ4n) is 1.87. The Kier molecular flexibility index (Phi) is 5.32. The zero-order chi connectivity index (χ0) is 14.4. The molecule has 2 rings (SSSR count). The van der Waals surface area contributed by atoms with Gasteiger partial charge in [0.25, 0.3) is 5.91 Å². The third kappa shape index (κ3) is 3.92. The van der Waals surface area contributed by atoms with Gasteiger partial charge in [0.2, 0.25) is 0 Å². The molecule has 0 aromatic heterocycles. The molecule has 0 unspecified atom stereocenters. The van der Waals surface area contributed by atoms with Crippen LogP contribution in [-0.4, -0.2) is 12.5 Å². The van der Waals surface area contributed by atoms with Crippen LogP contribution in [-0.2, 0) is 6.54 Å². The van der Waals surface area contributed by atoms with Crippen molar-refractivity contribution in [1.29, 1.82) is 0 Å².